The first-order valence-corrected chi connectivity index (χ1v) is 7.47. The summed E-state index contributed by atoms with van der Waals surface area (Å²) in [6.45, 7) is 1.79. The average Bonchev–Trinajstić information content (AvgIpc) is 2.99. The van der Waals surface area contributed by atoms with Crippen LogP contribution in [0.1, 0.15) is 37.4 Å². The molecule has 4 rings (SSSR count). The highest BCUT2D eigenvalue weighted by molar-refractivity contribution is 6.35. The van der Waals surface area contributed by atoms with Gasteiger partial charge in [0.1, 0.15) is 5.82 Å². The molecule has 1 atom stereocenters. The van der Waals surface area contributed by atoms with Gasteiger partial charge < -0.3 is 9.30 Å². The van der Waals surface area contributed by atoms with Crippen LogP contribution in [0.3, 0.4) is 0 Å². The summed E-state index contributed by atoms with van der Waals surface area (Å²) in [6.07, 6.45) is 5.16. The molecular weight excluding hydrogens is 260 g/mol. The Morgan fingerprint density at radius 3 is 2.95 bits per heavy atom. The predicted octanol–water partition coefficient (Wildman–Crippen LogP) is 3.75. The third-order valence-corrected chi connectivity index (χ3v) is 4.40. The summed E-state index contributed by atoms with van der Waals surface area (Å²) in [7, 11) is 0. The molecule has 0 radical (unpaired) electrons. The van der Waals surface area contributed by atoms with Gasteiger partial charge in [-0.25, -0.2) is 4.98 Å². The first kappa shape index (κ1) is 11.7. The summed E-state index contributed by atoms with van der Waals surface area (Å²) < 4.78 is 8.09. The number of hydrogen-bond donors (Lipinski definition) is 0. The van der Waals surface area contributed by atoms with Crippen LogP contribution < -0.4 is 0 Å². The first-order valence-electron chi connectivity index (χ1n) is 7.09. The number of para-hydroxylation sites is 1. The van der Waals surface area contributed by atoms with Crippen LogP contribution in [0.15, 0.2) is 18.2 Å². The summed E-state index contributed by atoms with van der Waals surface area (Å²) in [6, 6.07) is 5.98. The molecule has 2 heterocycles. The Morgan fingerprint density at radius 1 is 1.32 bits per heavy atom. The zero-order valence-electron chi connectivity index (χ0n) is 10.8. The van der Waals surface area contributed by atoms with Gasteiger partial charge in [0.15, 0.2) is 0 Å². The van der Waals surface area contributed by atoms with Crippen molar-refractivity contribution >= 4 is 22.6 Å². The molecule has 1 saturated heterocycles. The molecule has 1 aliphatic heterocycles. The normalized spacial score (nSPS) is 23.3. The van der Waals surface area contributed by atoms with Crippen molar-refractivity contribution in [3.63, 3.8) is 0 Å². The SMILES string of the molecule is Clc1cccc2nc(C3CC3)n(CC3CCCO3)c12. The van der Waals surface area contributed by atoms with Crippen molar-refractivity contribution in [3.05, 3.63) is 29.0 Å². The van der Waals surface area contributed by atoms with E-state index in [0.717, 1.165) is 35.6 Å². The van der Waals surface area contributed by atoms with E-state index in [1.165, 1.54) is 25.1 Å². The van der Waals surface area contributed by atoms with Crippen LogP contribution in [0, 0.1) is 0 Å². The maximum atomic E-state index is 6.38. The van der Waals surface area contributed by atoms with Gasteiger partial charge in [-0.3, -0.25) is 0 Å². The van der Waals surface area contributed by atoms with Gasteiger partial charge in [0.25, 0.3) is 0 Å². The minimum atomic E-state index is 0.325. The van der Waals surface area contributed by atoms with E-state index in [4.69, 9.17) is 21.3 Å². The second-order valence-electron chi connectivity index (χ2n) is 5.60. The Bertz CT molecular complexity index is 612. The molecule has 0 N–H and O–H groups in total. The van der Waals surface area contributed by atoms with Gasteiger partial charge in [-0.2, -0.15) is 0 Å². The number of hydrogen-bond acceptors (Lipinski definition) is 2. The molecule has 100 valence electrons. The minimum absolute atomic E-state index is 0.325. The fourth-order valence-electron chi connectivity index (χ4n) is 2.99. The standard InChI is InChI=1S/C15H17ClN2O/c16-12-4-1-5-13-14(12)18(9-11-3-2-8-19-11)15(17-13)10-6-7-10/h1,4-5,10-11H,2-3,6-9H2. The second kappa shape index (κ2) is 4.50. The van der Waals surface area contributed by atoms with Crippen molar-refractivity contribution in [3.8, 4) is 0 Å². The quantitative estimate of drug-likeness (QED) is 0.854. The zero-order chi connectivity index (χ0) is 12.8. The second-order valence-corrected chi connectivity index (χ2v) is 6.00. The molecule has 1 aliphatic carbocycles. The lowest BCUT2D eigenvalue weighted by atomic mass is 10.2. The molecule has 3 nitrogen and oxygen atoms in total. The minimum Gasteiger partial charge on any atom is -0.376 e. The average molecular weight is 277 g/mol. The van der Waals surface area contributed by atoms with Gasteiger partial charge in [0.05, 0.1) is 28.7 Å². The smallest absolute Gasteiger partial charge is 0.113 e. The monoisotopic (exact) mass is 276 g/mol. The molecule has 1 aromatic heterocycles. The number of aromatic nitrogens is 2. The van der Waals surface area contributed by atoms with Gasteiger partial charge in [-0.05, 0) is 37.8 Å². The van der Waals surface area contributed by atoms with Gasteiger partial charge in [0, 0.05) is 12.5 Å². The Labute approximate surface area is 117 Å². The highest BCUT2D eigenvalue weighted by atomic mass is 35.5. The van der Waals surface area contributed by atoms with Gasteiger partial charge in [-0.1, -0.05) is 17.7 Å². The number of halogens is 1. The van der Waals surface area contributed by atoms with Crippen LogP contribution in [0.4, 0.5) is 0 Å². The summed E-state index contributed by atoms with van der Waals surface area (Å²) in [5.41, 5.74) is 2.11. The van der Waals surface area contributed by atoms with Crippen LogP contribution in [0.2, 0.25) is 5.02 Å². The van der Waals surface area contributed by atoms with E-state index in [1.807, 2.05) is 12.1 Å². The van der Waals surface area contributed by atoms with Crippen LogP contribution >= 0.6 is 11.6 Å². The molecule has 0 spiro atoms. The summed E-state index contributed by atoms with van der Waals surface area (Å²) in [5, 5.41) is 0.801. The van der Waals surface area contributed by atoms with Crippen LogP contribution in [0.25, 0.3) is 11.0 Å². The van der Waals surface area contributed by atoms with Crippen molar-refractivity contribution in [1.29, 1.82) is 0 Å². The maximum Gasteiger partial charge on any atom is 0.113 e. The number of ether oxygens (including phenoxy) is 1. The molecule has 1 aromatic carbocycles. The summed E-state index contributed by atoms with van der Waals surface area (Å²) in [4.78, 5) is 4.80. The van der Waals surface area contributed by atoms with E-state index in [2.05, 4.69) is 10.6 Å². The molecule has 2 aliphatic rings. The lowest BCUT2D eigenvalue weighted by Gasteiger charge is -2.14. The van der Waals surface area contributed by atoms with Crippen LogP contribution in [0.5, 0.6) is 0 Å². The molecule has 0 bridgehead atoms. The topological polar surface area (TPSA) is 27.1 Å². The molecule has 4 heteroatoms. The highest BCUT2D eigenvalue weighted by Crippen LogP contribution is 2.41. The van der Waals surface area contributed by atoms with Crippen LogP contribution in [-0.2, 0) is 11.3 Å². The fraction of sp³-hybridized carbons (Fsp3) is 0.533. The summed E-state index contributed by atoms with van der Waals surface area (Å²) in [5.74, 6) is 1.84. The molecule has 0 amide bonds. The van der Waals surface area contributed by atoms with Gasteiger partial charge >= 0.3 is 0 Å². The van der Waals surface area contributed by atoms with E-state index in [0.29, 0.717) is 12.0 Å². The van der Waals surface area contributed by atoms with E-state index >= 15 is 0 Å². The highest BCUT2D eigenvalue weighted by Gasteiger charge is 2.31. The first-order chi connectivity index (χ1) is 9.33. The molecule has 1 saturated carbocycles. The number of benzene rings is 1. The largest absolute Gasteiger partial charge is 0.376 e. The van der Waals surface area contributed by atoms with Crippen molar-refractivity contribution < 1.29 is 4.74 Å². The number of rotatable bonds is 3. The van der Waals surface area contributed by atoms with E-state index in [-0.39, 0.29) is 0 Å². The third kappa shape index (κ3) is 2.05. The lowest BCUT2D eigenvalue weighted by molar-refractivity contribution is 0.0972. The van der Waals surface area contributed by atoms with E-state index in [1.54, 1.807) is 0 Å². The Hall–Kier alpha value is -1.06. The van der Waals surface area contributed by atoms with Crippen molar-refractivity contribution in [2.75, 3.05) is 6.61 Å². The van der Waals surface area contributed by atoms with Gasteiger partial charge in [0.2, 0.25) is 0 Å². The van der Waals surface area contributed by atoms with Crippen molar-refractivity contribution in [2.45, 2.75) is 44.2 Å². The van der Waals surface area contributed by atoms with Crippen molar-refractivity contribution in [2.24, 2.45) is 0 Å². The molecular formula is C15H17ClN2O. The Morgan fingerprint density at radius 2 is 2.21 bits per heavy atom. The van der Waals surface area contributed by atoms with E-state index < -0.39 is 0 Å². The zero-order valence-corrected chi connectivity index (χ0v) is 11.6. The van der Waals surface area contributed by atoms with E-state index in [9.17, 15) is 0 Å². The molecule has 19 heavy (non-hydrogen) atoms. The molecule has 2 aromatic rings. The summed E-state index contributed by atoms with van der Waals surface area (Å²) >= 11 is 6.38. The Balaban J connectivity index is 1.82. The predicted molar refractivity (Wildman–Crippen MR) is 75.7 cm³/mol. The maximum absolute atomic E-state index is 6.38. The fourth-order valence-corrected chi connectivity index (χ4v) is 3.26. The number of imidazole rings is 1. The molecule has 2 fully saturated rings. The van der Waals surface area contributed by atoms with Crippen molar-refractivity contribution in [1.82, 2.24) is 9.55 Å². The van der Waals surface area contributed by atoms with Gasteiger partial charge in [-0.15, -0.1) is 0 Å². The third-order valence-electron chi connectivity index (χ3n) is 4.10. The Kier molecular flexibility index (Phi) is 2.78. The number of fused-ring (bicyclic) bond motifs is 1. The lowest BCUT2D eigenvalue weighted by Crippen LogP contribution is -2.16. The molecule has 1 unspecified atom stereocenters. The number of nitrogens with zero attached hydrogens (tertiary/aromatic N) is 2. The van der Waals surface area contributed by atoms with Crippen LogP contribution in [-0.4, -0.2) is 22.3 Å².